The van der Waals surface area contributed by atoms with Gasteiger partial charge in [-0.2, -0.15) is 4.68 Å². The average molecular weight is 622 g/mol. The number of nitrogens with zero attached hydrogens (tertiary/aromatic N) is 6. The number of hydrogen-bond donors (Lipinski definition) is 1. The van der Waals surface area contributed by atoms with E-state index in [4.69, 9.17) is 9.15 Å². The van der Waals surface area contributed by atoms with Gasteiger partial charge in [0.05, 0.1) is 6.54 Å². The summed E-state index contributed by atoms with van der Waals surface area (Å²) in [5.74, 6) is -0.987. The summed E-state index contributed by atoms with van der Waals surface area (Å²) in [7, 11) is 3.21. The third-order valence-corrected chi connectivity index (χ3v) is 7.57. The van der Waals surface area contributed by atoms with Crippen LogP contribution in [0.4, 0.5) is 10.5 Å². The lowest BCUT2D eigenvalue weighted by Crippen LogP contribution is -2.50. The Hall–Kier alpha value is -4.65. The van der Waals surface area contributed by atoms with Crippen LogP contribution >= 0.6 is 0 Å². The minimum atomic E-state index is -0.667. The summed E-state index contributed by atoms with van der Waals surface area (Å²) in [6.07, 6.45) is -0.484. The Morgan fingerprint density at radius 1 is 1.02 bits per heavy atom. The molecule has 0 bridgehead atoms. The molecule has 3 aromatic rings. The number of fused-ring (bicyclic) bond motifs is 1. The minimum absolute atomic E-state index is 0.110. The molecule has 1 aromatic heterocycles. The summed E-state index contributed by atoms with van der Waals surface area (Å²) in [5, 5.41) is 10.8. The van der Waals surface area contributed by atoms with E-state index in [2.05, 4.69) is 10.4 Å². The van der Waals surface area contributed by atoms with Gasteiger partial charge in [0.1, 0.15) is 12.1 Å². The molecule has 13 nitrogen and oxygen atoms in total. The zero-order valence-corrected chi connectivity index (χ0v) is 27.1. The highest BCUT2D eigenvalue weighted by Crippen LogP contribution is 2.25. The van der Waals surface area contributed by atoms with Crippen LogP contribution in [0.1, 0.15) is 44.4 Å². The zero-order chi connectivity index (χ0) is 32.9. The van der Waals surface area contributed by atoms with Crippen LogP contribution in [0, 0.1) is 6.92 Å². The maximum atomic E-state index is 13.7. The molecule has 3 amide bonds. The number of likely N-dealkylation sites (N-methyl/N-ethyl adjacent to an activating group) is 2. The van der Waals surface area contributed by atoms with E-state index in [1.165, 1.54) is 16.8 Å². The molecule has 1 N–H and O–H groups in total. The smallest absolute Gasteiger partial charge is 0.437 e. The molecular weight excluding hydrogens is 578 g/mol. The number of hydrazine groups is 1. The van der Waals surface area contributed by atoms with Gasteiger partial charge in [0.2, 0.25) is 11.8 Å². The molecule has 0 fully saturated rings. The maximum Gasteiger partial charge on any atom is 0.437 e. The number of carbonyl (C=O) groups is 3. The van der Waals surface area contributed by atoms with Crippen LogP contribution in [-0.4, -0.2) is 92.9 Å². The molecule has 0 radical (unpaired) electrons. The molecule has 1 aliphatic rings. The van der Waals surface area contributed by atoms with Gasteiger partial charge in [0.25, 0.3) is 5.91 Å². The monoisotopic (exact) mass is 621 g/mol. The number of hydrogen-bond acceptors (Lipinski definition) is 9. The molecule has 242 valence electrons. The standard InChI is InChI=1S/C32H43N7O6/c1-8-37(31(43)45-32(3,4)5)15-16-38(21-28(41)36(7)39-19-24-11-9-10-12-25(24)20-39)27(40)18-33-26-17-23(14-13-22(26)2)29-34-35(6)30(42)44-29/h9-14,17,33H,8,15-16,18-21H2,1-7H3. The SMILES string of the molecule is CCN(CCN(CC(=O)N(C)N1Cc2ccccc2C1)C(=O)CNc1cc(-c2nn(C)c(=O)o2)ccc1C)C(=O)OC(C)(C)C. The predicted molar refractivity (Wildman–Crippen MR) is 169 cm³/mol. The normalized spacial score (nSPS) is 12.9. The highest BCUT2D eigenvalue weighted by atomic mass is 16.6. The number of ether oxygens (including phenoxy) is 1. The quantitative estimate of drug-likeness (QED) is 0.343. The van der Waals surface area contributed by atoms with Crippen LogP contribution in [0.15, 0.2) is 51.7 Å². The van der Waals surface area contributed by atoms with E-state index in [9.17, 15) is 19.2 Å². The molecule has 0 aliphatic carbocycles. The third kappa shape index (κ3) is 8.50. The summed E-state index contributed by atoms with van der Waals surface area (Å²) >= 11 is 0. The van der Waals surface area contributed by atoms with Gasteiger partial charge in [0.15, 0.2) is 0 Å². The Morgan fingerprint density at radius 3 is 2.24 bits per heavy atom. The number of nitrogens with one attached hydrogen (secondary N) is 1. The summed E-state index contributed by atoms with van der Waals surface area (Å²) < 4.78 is 11.8. The van der Waals surface area contributed by atoms with Gasteiger partial charge in [0, 0.05) is 58.1 Å². The van der Waals surface area contributed by atoms with Crippen molar-refractivity contribution in [1.29, 1.82) is 0 Å². The van der Waals surface area contributed by atoms with E-state index in [-0.39, 0.29) is 43.9 Å². The molecule has 0 atom stereocenters. The molecule has 13 heteroatoms. The zero-order valence-electron chi connectivity index (χ0n) is 27.1. The molecule has 0 saturated heterocycles. The Kier molecular flexibility index (Phi) is 10.3. The molecule has 2 heterocycles. The van der Waals surface area contributed by atoms with Crippen molar-refractivity contribution in [1.82, 2.24) is 29.6 Å². The van der Waals surface area contributed by atoms with Gasteiger partial charge in [-0.05, 0) is 63.4 Å². The van der Waals surface area contributed by atoms with Crippen LogP contribution in [0.5, 0.6) is 0 Å². The summed E-state index contributed by atoms with van der Waals surface area (Å²) in [5.41, 5.74) is 3.74. The summed E-state index contributed by atoms with van der Waals surface area (Å²) in [4.78, 5) is 54.7. The lowest BCUT2D eigenvalue weighted by Gasteiger charge is -2.32. The number of benzene rings is 2. The Bertz CT molecular complexity index is 1570. The van der Waals surface area contributed by atoms with Crippen molar-refractivity contribution in [3.63, 3.8) is 0 Å². The van der Waals surface area contributed by atoms with Crippen molar-refractivity contribution >= 4 is 23.6 Å². The van der Waals surface area contributed by atoms with Gasteiger partial charge in [-0.25, -0.2) is 14.6 Å². The Labute approximate surface area is 263 Å². The van der Waals surface area contributed by atoms with Crippen molar-refractivity contribution < 1.29 is 23.5 Å². The van der Waals surface area contributed by atoms with E-state index in [0.717, 1.165) is 21.4 Å². The van der Waals surface area contributed by atoms with E-state index < -0.39 is 17.5 Å². The first-order valence-corrected chi connectivity index (χ1v) is 15.0. The summed E-state index contributed by atoms with van der Waals surface area (Å²) in [6.45, 7) is 10.7. The molecule has 0 unspecified atom stereocenters. The van der Waals surface area contributed by atoms with Crippen molar-refractivity contribution in [3.05, 3.63) is 69.7 Å². The molecular formula is C32H43N7O6. The van der Waals surface area contributed by atoms with Crippen LogP contribution in [0.3, 0.4) is 0 Å². The predicted octanol–water partition coefficient (Wildman–Crippen LogP) is 3.24. The van der Waals surface area contributed by atoms with E-state index in [1.54, 1.807) is 45.0 Å². The highest BCUT2D eigenvalue weighted by Gasteiger charge is 2.28. The molecule has 0 spiro atoms. The fourth-order valence-corrected chi connectivity index (χ4v) is 4.88. The lowest BCUT2D eigenvalue weighted by molar-refractivity contribution is -0.151. The largest absolute Gasteiger partial charge is 0.444 e. The average Bonchev–Trinajstić information content (AvgIpc) is 3.57. The molecule has 0 saturated carbocycles. The Balaban J connectivity index is 1.47. The van der Waals surface area contributed by atoms with Gasteiger partial charge in [-0.1, -0.05) is 30.3 Å². The second-order valence-corrected chi connectivity index (χ2v) is 12.1. The van der Waals surface area contributed by atoms with E-state index in [0.29, 0.717) is 30.9 Å². The van der Waals surface area contributed by atoms with Gasteiger partial charge < -0.3 is 24.3 Å². The van der Waals surface area contributed by atoms with Crippen molar-refractivity contribution in [3.8, 4) is 11.5 Å². The number of rotatable bonds is 11. The second kappa shape index (κ2) is 14.0. The van der Waals surface area contributed by atoms with E-state index in [1.807, 2.05) is 49.2 Å². The number of aryl methyl sites for hydroxylation is 2. The van der Waals surface area contributed by atoms with Gasteiger partial charge in [-0.15, -0.1) is 5.10 Å². The number of amides is 3. The third-order valence-electron chi connectivity index (χ3n) is 7.57. The second-order valence-electron chi connectivity index (χ2n) is 12.1. The highest BCUT2D eigenvalue weighted by molar-refractivity contribution is 5.87. The summed E-state index contributed by atoms with van der Waals surface area (Å²) in [6, 6.07) is 13.4. The maximum absolute atomic E-state index is 13.7. The molecule has 1 aliphatic heterocycles. The first kappa shape index (κ1) is 33.2. The Morgan fingerprint density at radius 2 is 1.67 bits per heavy atom. The van der Waals surface area contributed by atoms with Gasteiger partial charge >= 0.3 is 11.8 Å². The number of anilines is 1. The molecule has 45 heavy (non-hydrogen) atoms. The first-order valence-electron chi connectivity index (χ1n) is 15.0. The van der Waals surface area contributed by atoms with Crippen molar-refractivity contribution in [2.45, 2.75) is 53.3 Å². The van der Waals surface area contributed by atoms with E-state index >= 15 is 0 Å². The van der Waals surface area contributed by atoms with Gasteiger partial charge in [-0.3, -0.25) is 14.6 Å². The van der Waals surface area contributed by atoms with Crippen LogP contribution in [0.25, 0.3) is 11.5 Å². The molecule has 4 rings (SSSR count). The van der Waals surface area contributed by atoms with Crippen LogP contribution in [-0.2, 0) is 34.5 Å². The molecule has 2 aromatic carbocycles. The van der Waals surface area contributed by atoms with Crippen LogP contribution < -0.4 is 11.1 Å². The fraction of sp³-hybridized carbons (Fsp3) is 0.469. The first-order chi connectivity index (χ1) is 21.3. The fourth-order valence-electron chi connectivity index (χ4n) is 4.88. The number of aromatic nitrogens is 2. The van der Waals surface area contributed by atoms with Crippen molar-refractivity contribution in [2.75, 3.05) is 45.1 Å². The minimum Gasteiger partial charge on any atom is -0.444 e. The number of carbonyl (C=O) groups excluding carboxylic acids is 3. The van der Waals surface area contributed by atoms with Crippen molar-refractivity contribution in [2.24, 2.45) is 7.05 Å². The van der Waals surface area contributed by atoms with Crippen LogP contribution in [0.2, 0.25) is 0 Å². The lowest BCUT2D eigenvalue weighted by atomic mass is 10.1. The topological polar surface area (TPSA) is 133 Å².